The highest BCUT2D eigenvalue weighted by molar-refractivity contribution is 7.88. The maximum atomic E-state index is 12.2. The minimum Gasteiger partial charge on any atom is -0.396 e. The van der Waals surface area contributed by atoms with Gasteiger partial charge < -0.3 is 10.8 Å². The van der Waals surface area contributed by atoms with Gasteiger partial charge in [0.05, 0.1) is 5.75 Å². The second kappa shape index (κ2) is 7.59. The van der Waals surface area contributed by atoms with Crippen LogP contribution < -0.4 is 5.73 Å². The maximum absolute atomic E-state index is 12.2. The molecule has 0 bridgehead atoms. The minimum atomic E-state index is -3.34. The van der Waals surface area contributed by atoms with Gasteiger partial charge in [0.2, 0.25) is 10.0 Å². The van der Waals surface area contributed by atoms with Gasteiger partial charge in [-0.15, -0.1) is 0 Å². The van der Waals surface area contributed by atoms with E-state index < -0.39 is 10.0 Å². The minimum absolute atomic E-state index is 0.00528. The lowest BCUT2D eigenvalue weighted by Crippen LogP contribution is -2.33. The van der Waals surface area contributed by atoms with Crippen LogP contribution in [0, 0.1) is 0 Å². The summed E-state index contributed by atoms with van der Waals surface area (Å²) in [7, 11) is -3.34. The van der Waals surface area contributed by atoms with Crippen molar-refractivity contribution in [2.75, 3.05) is 19.7 Å². The molecule has 19 heavy (non-hydrogen) atoms. The van der Waals surface area contributed by atoms with E-state index in [2.05, 4.69) is 0 Å². The summed E-state index contributed by atoms with van der Waals surface area (Å²) in [5.41, 5.74) is 7.21. The second-order valence-corrected chi connectivity index (χ2v) is 6.32. The van der Waals surface area contributed by atoms with Crippen LogP contribution in [0.5, 0.6) is 0 Å². The Bertz CT molecular complexity index is 488. The first-order chi connectivity index (χ1) is 9.03. The van der Waals surface area contributed by atoms with Crippen molar-refractivity contribution in [3.8, 4) is 0 Å². The van der Waals surface area contributed by atoms with Crippen LogP contribution in [0.3, 0.4) is 0 Å². The number of sulfonamides is 1. The molecule has 0 aliphatic heterocycles. The molecule has 0 aromatic heterocycles. The van der Waals surface area contributed by atoms with Gasteiger partial charge in [0.15, 0.2) is 0 Å². The number of rotatable bonds is 8. The van der Waals surface area contributed by atoms with E-state index in [4.69, 9.17) is 10.8 Å². The molecule has 1 rings (SSSR count). The van der Waals surface area contributed by atoms with Crippen molar-refractivity contribution in [2.24, 2.45) is 5.73 Å². The molecule has 0 saturated carbocycles. The van der Waals surface area contributed by atoms with E-state index >= 15 is 0 Å². The van der Waals surface area contributed by atoms with Crippen LogP contribution in [0.25, 0.3) is 0 Å². The highest BCUT2D eigenvalue weighted by Gasteiger charge is 2.20. The Morgan fingerprint density at radius 2 is 2.00 bits per heavy atom. The molecule has 0 amide bonds. The van der Waals surface area contributed by atoms with E-state index in [1.54, 1.807) is 13.0 Å². The summed E-state index contributed by atoms with van der Waals surface area (Å²) in [4.78, 5) is 0. The van der Waals surface area contributed by atoms with Crippen molar-refractivity contribution in [1.29, 1.82) is 0 Å². The molecule has 0 aliphatic rings. The summed E-state index contributed by atoms with van der Waals surface area (Å²) in [6.45, 7) is 2.96. The Kier molecular flexibility index (Phi) is 6.44. The van der Waals surface area contributed by atoms with Crippen LogP contribution in [0.4, 0.5) is 0 Å². The summed E-state index contributed by atoms with van der Waals surface area (Å²) < 4.78 is 25.9. The lowest BCUT2D eigenvalue weighted by molar-refractivity contribution is 0.271. The Hall–Kier alpha value is -0.950. The largest absolute Gasteiger partial charge is 0.396 e. The standard InChI is InChI=1S/C13H22N2O3S/c1-2-15(7-4-8-16)19(17,18)11-13-6-3-5-12(9-13)10-14/h3,5-6,9,16H,2,4,7-8,10-11,14H2,1H3. The van der Waals surface area contributed by atoms with Crippen LogP contribution in [0.2, 0.25) is 0 Å². The average molecular weight is 286 g/mol. The SMILES string of the molecule is CCN(CCCO)S(=O)(=O)Cc1cccc(CN)c1. The van der Waals surface area contributed by atoms with E-state index in [9.17, 15) is 8.42 Å². The zero-order valence-electron chi connectivity index (χ0n) is 11.2. The molecule has 0 heterocycles. The number of nitrogens with zero attached hydrogens (tertiary/aromatic N) is 1. The highest BCUT2D eigenvalue weighted by Crippen LogP contribution is 2.13. The fourth-order valence-electron chi connectivity index (χ4n) is 1.89. The number of hydrogen-bond donors (Lipinski definition) is 2. The fourth-order valence-corrected chi connectivity index (χ4v) is 3.47. The first-order valence-electron chi connectivity index (χ1n) is 6.40. The predicted molar refractivity (Wildman–Crippen MR) is 75.9 cm³/mol. The van der Waals surface area contributed by atoms with Gasteiger partial charge in [0, 0.05) is 26.2 Å². The molecule has 0 spiro atoms. The monoisotopic (exact) mass is 286 g/mol. The van der Waals surface area contributed by atoms with E-state index in [0.717, 1.165) is 11.1 Å². The molecule has 0 saturated heterocycles. The third kappa shape index (κ3) is 4.91. The Morgan fingerprint density at radius 1 is 1.32 bits per heavy atom. The van der Waals surface area contributed by atoms with Crippen LogP contribution in [0.15, 0.2) is 24.3 Å². The number of nitrogens with two attached hydrogens (primary N) is 1. The lowest BCUT2D eigenvalue weighted by Gasteiger charge is -2.20. The Morgan fingerprint density at radius 3 is 2.58 bits per heavy atom. The molecule has 0 radical (unpaired) electrons. The molecule has 0 unspecified atom stereocenters. The predicted octanol–water partition coefficient (Wildman–Crippen LogP) is 0.679. The zero-order chi connectivity index (χ0) is 14.3. The molecule has 0 aliphatic carbocycles. The van der Waals surface area contributed by atoms with Gasteiger partial charge in [0.1, 0.15) is 0 Å². The van der Waals surface area contributed by atoms with Crippen molar-refractivity contribution in [2.45, 2.75) is 25.6 Å². The van der Waals surface area contributed by atoms with Crippen molar-refractivity contribution < 1.29 is 13.5 Å². The maximum Gasteiger partial charge on any atom is 0.218 e. The first-order valence-corrected chi connectivity index (χ1v) is 8.01. The Labute approximate surface area is 115 Å². The quantitative estimate of drug-likeness (QED) is 0.736. The van der Waals surface area contributed by atoms with Gasteiger partial charge >= 0.3 is 0 Å². The van der Waals surface area contributed by atoms with Crippen LogP contribution >= 0.6 is 0 Å². The fraction of sp³-hybridized carbons (Fsp3) is 0.538. The van der Waals surface area contributed by atoms with Gasteiger partial charge in [0.25, 0.3) is 0 Å². The zero-order valence-corrected chi connectivity index (χ0v) is 12.1. The average Bonchev–Trinajstić information content (AvgIpc) is 2.39. The van der Waals surface area contributed by atoms with Gasteiger partial charge in [-0.25, -0.2) is 12.7 Å². The number of benzene rings is 1. The molecular weight excluding hydrogens is 264 g/mol. The highest BCUT2D eigenvalue weighted by atomic mass is 32.2. The summed E-state index contributed by atoms with van der Waals surface area (Å²) in [6.07, 6.45) is 0.454. The smallest absolute Gasteiger partial charge is 0.218 e. The van der Waals surface area contributed by atoms with Gasteiger partial charge in [-0.3, -0.25) is 0 Å². The van der Waals surface area contributed by atoms with E-state index in [1.807, 2.05) is 18.2 Å². The Balaban J connectivity index is 2.81. The molecule has 1 aromatic rings. The van der Waals surface area contributed by atoms with Gasteiger partial charge in [-0.05, 0) is 17.5 Å². The number of aliphatic hydroxyl groups excluding tert-OH is 1. The third-order valence-electron chi connectivity index (χ3n) is 2.89. The first kappa shape index (κ1) is 16.1. The molecule has 0 fully saturated rings. The van der Waals surface area contributed by atoms with Crippen molar-refractivity contribution in [3.63, 3.8) is 0 Å². The molecule has 108 valence electrons. The van der Waals surface area contributed by atoms with Crippen LogP contribution in [0.1, 0.15) is 24.5 Å². The summed E-state index contributed by atoms with van der Waals surface area (Å²) >= 11 is 0. The van der Waals surface area contributed by atoms with Crippen LogP contribution in [-0.2, 0) is 22.3 Å². The summed E-state index contributed by atoms with van der Waals surface area (Å²) in [5.74, 6) is -0.0277. The second-order valence-electron chi connectivity index (χ2n) is 4.35. The molecule has 6 heteroatoms. The van der Waals surface area contributed by atoms with E-state index in [-0.39, 0.29) is 12.4 Å². The normalized spacial score (nSPS) is 12.0. The summed E-state index contributed by atoms with van der Waals surface area (Å²) in [5, 5.41) is 8.80. The third-order valence-corrected chi connectivity index (χ3v) is 4.81. The molecule has 1 aromatic carbocycles. The van der Waals surface area contributed by atoms with Gasteiger partial charge in [-0.2, -0.15) is 0 Å². The molecular formula is C13H22N2O3S. The topological polar surface area (TPSA) is 83.6 Å². The van der Waals surface area contributed by atoms with Crippen molar-refractivity contribution in [1.82, 2.24) is 4.31 Å². The van der Waals surface area contributed by atoms with Crippen LogP contribution in [-0.4, -0.2) is 37.5 Å². The van der Waals surface area contributed by atoms with Crippen molar-refractivity contribution >= 4 is 10.0 Å². The van der Waals surface area contributed by atoms with E-state index in [0.29, 0.717) is 26.1 Å². The molecule has 3 N–H and O–H groups in total. The van der Waals surface area contributed by atoms with E-state index in [1.165, 1.54) is 4.31 Å². The molecule has 5 nitrogen and oxygen atoms in total. The summed E-state index contributed by atoms with van der Waals surface area (Å²) in [6, 6.07) is 7.30. The van der Waals surface area contributed by atoms with Gasteiger partial charge in [-0.1, -0.05) is 31.2 Å². The number of hydrogen-bond acceptors (Lipinski definition) is 4. The number of aliphatic hydroxyl groups is 1. The molecule has 0 atom stereocenters. The lowest BCUT2D eigenvalue weighted by atomic mass is 10.1. The van der Waals surface area contributed by atoms with Crippen molar-refractivity contribution in [3.05, 3.63) is 35.4 Å².